The Balaban J connectivity index is 1.62. The molecule has 3 aromatic carbocycles. The summed E-state index contributed by atoms with van der Waals surface area (Å²) in [6.07, 6.45) is 0.492. The second-order valence-corrected chi connectivity index (χ2v) is 11.7. The van der Waals surface area contributed by atoms with Crippen LogP contribution >= 0.6 is 0 Å². The maximum Gasteiger partial charge on any atom is 0.337 e. The minimum Gasteiger partial charge on any atom is -0.466 e. The van der Waals surface area contributed by atoms with Gasteiger partial charge in [0.1, 0.15) is 5.60 Å². The second kappa shape index (κ2) is 14.3. The molecule has 0 aromatic heterocycles. The number of nitro benzene ring substituents is 1. The summed E-state index contributed by atoms with van der Waals surface area (Å²) in [6.45, 7) is 4.13. The highest BCUT2D eigenvalue weighted by Crippen LogP contribution is 2.40. The molecule has 1 aliphatic heterocycles. The Morgan fingerprint density at radius 3 is 2.07 bits per heavy atom. The summed E-state index contributed by atoms with van der Waals surface area (Å²) >= 11 is 0. The molecule has 0 aliphatic carbocycles. The molecule has 1 unspecified atom stereocenters. The van der Waals surface area contributed by atoms with Crippen molar-refractivity contribution in [3.05, 3.63) is 134 Å². The molecule has 236 valence electrons. The molecule has 0 bridgehead atoms. The van der Waals surface area contributed by atoms with Crippen LogP contribution in [0.5, 0.6) is 0 Å². The van der Waals surface area contributed by atoms with E-state index in [-0.39, 0.29) is 35.8 Å². The third-order valence-electron chi connectivity index (χ3n) is 7.83. The Morgan fingerprint density at radius 2 is 1.53 bits per heavy atom. The number of allylic oxidation sites excluding steroid dienone is 2. The topological polar surface area (TPSA) is 111 Å². The lowest BCUT2D eigenvalue weighted by Gasteiger charge is -2.34. The smallest absolute Gasteiger partial charge is 0.337 e. The zero-order valence-corrected chi connectivity index (χ0v) is 26.2. The zero-order chi connectivity index (χ0) is 35.2. The molecule has 1 N–H and O–H groups in total. The molecule has 45 heavy (non-hydrogen) atoms. The largest absolute Gasteiger partial charge is 0.466 e. The Kier molecular flexibility index (Phi) is 9.24. The minimum absolute atomic E-state index is 0.0585. The van der Waals surface area contributed by atoms with Crippen molar-refractivity contribution in [3.8, 4) is 0 Å². The molecular weight excluding hydrogens is 571 g/mol. The molecule has 9 heteroatoms. The number of dihydropyridines is 1. The van der Waals surface area contributed by atoms with Crippen molar-refractivity contribution in [2.45, 2.75) is 51.6 Å². The predicted molar refractivity (Wildman–Crippen MR) is 173 cm³/mol. The van der Waals surface area contributed by atoms with Gasteiger partial charge in [-0.1, -0.05) is 72.8 Å². The first-order chi connectivity index (χ1) is 22.6. The molecule has 0 radical (unpaired) electrons. The Hall–Kier alpha value is -4.76. The van der Waals surface area contributed by atoms with Crippen LogP contribution in [0.15, 0.2) is 107 Å². The third-order valence-corrected chi connectivity index (χ3v) is 7.83. The van der Waals surface area contributed by atoms with Crippen LogP contribution in [-0.2, 0) is 19.1 Å². The number of carbonyl (C=O) groups excluding carboxylic acids is 2. The van der Waals surface area contributed by atoms with Crippen LogP contribution in [0.4, 0.5) is 5.69 Å². The van der Waals surface area contributed by atoms with Crippen molar-refractivity contribution >= 4 is 17.6 Å². The summed E-state index contributed by atoms with van der Waals surface area (Å²) in [5.41, 5.74) is 1.90. The van der Waals surface area contributed by atoms with Gasteiger partial charge in [-0.2, -0.15) is 0 Å². The van der Waals surface area contributed by atoms with Gasteiger partial charge in [-0.25, -0.2) is 9.59 Å². The highest BCUT2D eigenvalue weighted by atomic mass is 16.6. The fourth-order valence-corrected chi connectivity index (χ4v) is 5.85. The SMILES string of the molecule is [2H][13C]([2H])([2H])N(CCC(c1ccccc1)c1ccccc1)CC(C)(C)OC(=O)C1=C(C)NC(C)=C(C(=O)OC)C1c1cccc([N+](=O)[O-])c1. The van der Waals surface area contributed by atoms with Crippen molar-refractivity contribution in [1.29, 1.82) is 0 Å². The lowest BCUT2D eigenvalue weighted by molar-refractivity contribution is -0.384. The highest BCUT2D eigenvalue weighted by Gasteiger charge is 2.40. The number of nitrogens with one attached hydrogen (secondary N) is 1. The number of hydrogen-bond acceptors (Lipinski definition) is 8. The van der Waals surface area contributed by atoms with E-state index < -0.39 is 35.4 Å². The van der Waals surface area contributed by atoms with Crippen LogP contribution in [-0.4, -0.2) is 54.5 Å². The summed E-state index contributed by atoms with van der Waals surface area (Å²) in [5.74, 6) is -2.62. The molecule has 9 nitrogen and oxygen atoms in total. The molecule has 1 heterocycles. The van der Waals surface area contributed by atoms with E-state index in [1.54, 1.807) is 33.8 Å². The maximum atomic E-state index is 14.1. The van der Waals surface area contributed by atoms with Gasteiger partial charge in [-0.15, -0.1) is 0 Å². The number of nitrogens with zero attached hydrogens (tertiary/aromatic N) is 2. The minimum atomic E-state index is -2.49. The summed E-state index contributed by atoms with van der Waals surface area (Å²) in [5, 5.41) is 14.7. The molecule has 1 atom stereocenters. The number of carbonyl (C=O) groups is 2. The number of hydrogen-bond donors (Lipinski definition) is 1. The summed E-state index contributed by atoms with van der Waals surface area (Å²) in [7, 11) is 1.21. The van der Waals surface area contributed by atoms with E-state index >= 15 is 0 Å². The summed E-state index contributed by atoms with van der Waals surface area (Å²) in [4.78, 5) is 39.5. The average Bonchev–Trinajstić information content (AvgIpc) is 3.03. The molecule has 0 saturated heterocycles. The van der Waals surface area contributed by atoms with Gasteiger partial charge < -0.3 is 19.7 Å². The Labute approximate surface area is 268 Å². The normalized spacial score (nSPS) is 16.5. The van der Waals surface area contributed by atoms with E-state index in [1.807, 2.05) is 60.7 Å². The predicted octanol–water partition coefficient (Wildman–Crippen LogP) is 6.48. The first kappa shape index (κ1) is 29.0. The fraction of sp³-hybridized carbons (Fsp3) is 0.333. The quantitative estimate of drug-likeness (QED) is 0.107. The first-order valence-corrected chi connectivity index (χ1v) is 14.7. The van der Waals surface area contributed by atoms with Crippen LogP contribution in [0, 0.1) is 10.1 Å². The van der Waals surface area contributed by atoms with Gasteiger partial charge in [0.05, 0.1) is 29.1 Å². The number of benzene rings is 3. The molecule has 4 rings (SSSR count). The van der Waals surface area contributed by atoms with E-state index in [0.717, 1.165) is 11.1 Å². The number of esters is 2. The fourth-order valence-electron chi connectivity index (χ4n) is 5.85. The van der Waals surface area contributed by atoms with E-state index in [2.05, 4.69) is 5.32 Å². The lowest BCUT2D eigenvalue weighted by Crippen LogP contribution is -2.42. The van der Waals surface area contributed by atoms with E-state index in [4.69, 9.17) is 13.6 Å². The number of rotatable bonds is 12. The summed E-state index contributed by atoms with van der Waals surface area (Å²) in [6, 6.07) is 25.5. The molecule has 3 aromatic rings. The van der Waals surface area contributed by atoms with Gasteiger partial charge in [0.25, 0.3) is 5.69 Å². The number of nitro groups is 1. The van der Waals surface area contributed by atoms with Crippen LogP contribution in [0.2, 0.25) is 0 Å². The molecule has 0 fully saturated rings. The van der Waals surface area contributed by atoms with Gasteiger partial charge in [0.2, 0.25) is 0 Å². The van der Waals surface area contributed by atoms with E-state index in [0.29, 0.717) is 23.4 Å². The Bertz CT molecular complexity index is 1670. The number of ether oxygens (including phenoxy) is 2. The third kappa shape index (κ3) is 8.05. The molecule has 0 saturated carbocycles. The standard InChI is InChI=1S/C36H41N3O6/c1-24-31(34(40)44-6)33(28-18-13-19-29(22-28)39(42)43)32(25(2)37-24)35(41)45-36(3,4)23-38(5)21-20-30(26-14-9-7-10-15-26)27-16-11-8-12-17-27/h7-19,22,30,33,37H,20-21,23H2,1-6H3/i5+1D3. The van der Waals surface area contributed by atoms with Crippen molar-refractivity contribution < 1.29 is 28.1 Å². The van der Waals surface area contributed by atoms with Crippen LogP contribution in [0.3, 0.4) is 0 Å². The zero-order valence-electron chi connectivity index (χ0n) is 29.2. The van der Waals surface area contributed by atoms with Crippen LogP contribution < -0.4 is 5.32 Å². The number of methoxy groups -OCH3 is 1. The maximum absolute atomic E-state index is 14.1. The molecular formula is C36H41N3O6. The highest BCUT2D eigenvalue weighted by molar-refractivity contribution is 6.00. The van der Waals surface area contributed by atoms with E-state index in [9.17, 15) is 19.7 Å². The van der Waals surface area contributed by atoms with Crippen LogP contribution in [0.25, 0.3) is 0 Å². The van der Waals surface area contributed by atoms with Crippen molar-refractivity contribution in [2.24, 2.45) is 0 Å². The molecule has 1 aliphatic rings. The average molecular weight is 616 g/mol. The monoisotopic (exact) mass is 615 g/mol. The molecule has 0 amide bonds. The van der Waals surface area contributed by atoms with Gasteiger partial charge in [-0.3, -0.25) is 10.1 Å². The van der Waals surface area contributed by atoms with Gasteiger partial charge in [0.15, 0.2) is 0 Å². The van der Waals surface area contributed by atoms with Crippen molar-refractivity contribution in [1.82, 2.24) is 10.2 Å². The lowest BCUT2D eigenvalue weighted by atomic mass is 9.80. The van der Waals surface area contributed by atoms with E-state index in [1.165, 1.54) is 30.2 Å². The van der Waals surface area contributed by atoms with Gasteiger partial charge in [-0.05, 0) is 64.3 Å². The molecule has 0 spiro atoms. The van der Waals surface area contributed by atoms with Crippen molar-refractivity contribution in [3.63, 3.8) is 0 Å². The Morgan fingerprint density at radius 1 is 0.956 bits per heavy atom. The number of likely N-dealkylation sites (N-methyl/N-ethyl adjacent to an activating group) is 1. The van der Waals surface area contributed by atoms with Crippen LogP contribution in [0.1, 0.15) is 66.8 Å². The van der Waals surface area contributed by atoms with Crippen molar-refractivity contribution in [2.75, 3.05) is 27.2 Å². The summed E-state index contributed by atoms with van der Waals surface area (Å²) < 4.78 is 36.1. The second-order valence-electron chi connectivity index (χ2n) is 11.7. The number of non-ortho nitro benzene ring substituents is 1. The van der Waals surface area contributed by atoms with Gasteiger partial charge in [0, 0.05) is 40.1 Å². The van der Waals surface area contributed by atoms with Gasteiger partial charge >= 0.3 is 11.9 Å². The first-order valence-electron chi connectivity index (χ1n) is 16.2.